The van der Waals surface area contributed by atoms with Crippen LogP contribution in [0, 0.1) is 11.6 Å². The molecule has 3 nitrogen and oxygen atoms in total. The summed E-state index contributed by atoms with van der Waals surface area (Å²) in [4.78, 5) is 12.0. The molecule has 0 saturated heterocycles. The van der Waals surface area contributed by atoms with Crippen molar-refractivity contribution in [3.05, 3.63) is 70.8 Å². The third-order valence-electron chi connectivity index (χ3n) is 4.12. The molecule has 1 aliphatic heterocycles. The highest BCUT2D eigenvalue weighted by atomic mass is 35.5. The van der Waals surface area contributed by atoms with E-state index in [1.54, 1.807) is 0 Å². The number of rotatable bonds is 4. The van der Waals surface area contributed by atoms with Crippen molar-refractivity contribution < 1.29 is 13.6 Å². The van der Waals surface area contributed by atoms with Gasteiger partial charge in [0.25, 0.3) is 0 Å². The molecule has 1 unspecified atom stereocenters. The summed E-state index contributed by atoms with van der Waals surface area (Å²) in [5, 5.41) is 6.12. The van der Waals surface area contributed by atoms with Gasteiger partial charge >= 0.3 is 0 Å². The highest BCUT2D eigenvalue weighted by molar-refractivity contribution is 5.85. The molecular weight excluding hydrogens is 334 g/mol. The van der Waals surface area contributed by atoms with Crippen molar-refractivity contribution in [2.24, 2.45) is 0 Å². The number of hydrogen-bond donors (Lipinski definition) is 2. The molecule has 1 heterocycles. The van der Waals surface area contributed by atoms with E-state index in [-0.39, 0.29) is 36.3 Å². The summed E-state index contributed by atoms with van der Waals surface area (Å²) in [5.74, 6) is -1.78. The fourth-order valence-corrected chi connectivity index (χ4v) is 2.92. The van der Waals surface area contributed by atoms with Gasteiger partial charge in [0.1, 0.15) is 11.6 Å². The van der Waals surface area contributed by atoms with Crippen LogP contribution < -0.4 is 10.6 Å². The van der Waals surface area contributed by atoms with Gasteiger partial charge in [-0.05, 0) is 36.2 Å². The molecular formula is C18H19ClF2N2O. The largest absolute Gasteiger partial charge is 0.354 e. The van der Waals surface area contributed by atoms with Gasteiger partial charge in [-0.3, -0.25) is 4.79 Å². The molecule has 3 rings (SSSR count). The first-order valence-corrected chi connectivity index (χ1v) is 7.66. The maximum Gasteiger partial charge on any atom is 0.224 e. The second-order valence-electron chi connectivity index (χ2n) is 5.64. The Morgan fingerprint density at radius 3 is 2.58 bits per heavy atom. The van der Waals surface area contributed by atoms with Crippen LogP contribution >= 0.6 is 12.4 Å². The van der Waals surface area contributed by atoms with Gasteiger partial charge < -0.3 is 10.6 Å². The summed E-state index contributed by atoms with van der Waals surface area (Å²) >= 11 is 0. The summed E-state index contributed by atoms with van der Waals surface area (Å²) in [6, 6.07) is 11.7. The van der Waals surface area contributed by atoms with E-state index in [9.17, 15) is 13.6 Å². The summed E-state index contributed by atoms with van der Waals surface area (Å²) in [6.45, 7) is 1.24. The second kappa shape index (κ2) is 8.22. The Morgan fingerprint density at radius 1 is 1.12 bits per heavy atom. The zero-order valence-electron chi connectivity index (χ0n) is 13.0. The van der Waals surface area contributed by atoms with Crippen LogP contribution in [0.5, 0.6) is 0 Å². The molecule has 0 bridgehead atoms. The molecule has 0 fully saturated rings. The minimum Gasteiger partial charge on any atom is -0.354 e. The lowest BCUT2D eigenvalue weighted by Crippen LogP contribution is -2.39. The van der Waals surface area contributed by atoms with Crippen molar-refractivity contribution in [3.63, 3.8) is 0 Å². The summed E-state index contributed by atoms with van der Waals surface area (Å²) < 4.78 is 27.1. The monoisotopic (exact) mass is 352 g/mol. The first-order valence-electron chi connectivity index (χ1n) is 7.66. The van der Waals surface area contributed by atoms with Gasteiger partial charge in [0.2, 0.25) is 5.91 Å². The number of nitrogens with one attached hydrogen (secondary N) is 2. The van der Waals surface area contributed by atoms with Crippen LogP contribution in [0.25, 0.3) is 0 Å². The molecule has 0 aromatic heterocycles. The summed E-state index contributed by atoms with van der Waals surface area (Å²) in [5.41, 5.74) is 2.24. The van der Waals surface area contributed by atoms with Crippen LogP contribution in [0.2, 0.25) is 0 Å². The minimum absolute atomic E-state index is 0. The lowest BCUT2D eigenvalue weighted by Gasteiger charge is -2.27. The Labute approximate surface area is 145 Å². The first kappa shape index (κ1) is 18.4. The third-order valence-corrected chi connectivity index (χ3v) is 4.12. The standard InChI is InChI=1S/C18H18F2N2O.ClH/c19-15-6-3-7-16(20)14(15)10-18(23)22-11-17-13-5-2-1-4-12(13)8-9-21-17;/h1-7,17,21H,8-11H2,(H,22,23);1H. The number of fused-ring (bicyclic) bond motifs is 1. The van der Waals surface area contributed by atoms with E-state index in [0.717, 1.165) is 30.7 Å². The molecule has 0 saturated carbocycles. The summed E-state index contributed by atoms with van der Waals surface area (Å²) in [7, 11) is 0. The molecule has 1 atom stereocenters. The second-order valence-corrected chi connectivity index (χ2v) is 5.64. The molecule has 0 radical (unpaired) electrons. The van der Waals surface area contributed by atoms with Crippen molar-refractivity contribution in [2.75, 3.05) is 13.1 Å². The van der Waals surface area contributed by atoms with Crippen LogP contribution in [0.3, 0.4) is 0 Å². The van der Waals surface area contributed by atoms with Gasteiger partial charge in [0.05, 0.1) is 6.42 Å². The van der Waals surface area contributed by atoms with Crippen LogP contribution in [-0.2, 0) is 17.6 Å². The van der Waals surface area contributed by atoms with Crippen LogP contribution in [-0.4, -0.2) is 19.0 Å². The average molecular weight is 353 g/mol. The topological polar surface area (TPSA) is 41.1 Å². The van der Waals surface area contributed by atoms with E-state index in [4.69, 9.17) is 0 Å². The average Bonchev–Trinajstić information content (AvgIpc) is 2.56. The van der Waals surface area contributed by atoms with Gasteiger partial charge in [0.15, 0.2) is 0 Å². The molecule has 1 amide bonds. The quantitative estimate of drug-likeness (QED) is 0.888. The molecule has 1 aliphatic rings. The summed E-state index contributed by atoms with van der Waals surface area (Å²) in [6.07, 6.45) is 0.661. The Balaban J connectivity index is 0.00000208. The number of carbonyl (C=O) groups excluding carboxylic acids is 1. The Hall–Kier alpha value is -1.98. The van der Waals surface area contributed by atoms with Gasteiger partial charge in [-0.1, -0.05) is 30.3 Å². The van der Waals surface area contributed by atoms with Crippen molar-refractivity contribution in [2.45, 2.75) is 18.9 Å². The zero-order valence-corrected chi connectivity index (χ0v) is 13.8. The minimum atomic E-state index is -0.693. The van der Waals surface area contributed by atoms with Gasteiger partial charge in [0, 0.05) is 18.2 Å². The van der Waals surface area contributed by atoms with Crippen molar-refractivity contribution in [1.29, 1.82) is 0 Å². The van der Waals surface area contributed by atoms with Crippen molar-refractivity contribution in [3.8, 4) is 0 Å². The predicted molar refractivity (Wildman–Crippen MR) is 91.2 cm³/mol. The Kier molecular flexibility index (Phi) is 6.29. The van der Waals surface area contributed by atoms with Crippen molar-refractivity contribution in [1.82, 2.24) is 10.6 Å². The fourth-order valence-electron chi connectivity index (χ4n) is 2.92. The molecule has 0 aliphatic carbocycles. The molecule has 2 aromatic carbocycles. The fraction of sp³-hybridized carbons (Fsp3) is 0.278. The highest BCUT2D eigenvalue weighted by Gasteiger charge is 2.20. The third kappa shape index (κ3) is 4.10. The van der Waals surface area contributed by atoms with E-state index >= 15 is 0 Å². The van der Waals surface area contributed by atoms with Crippen LogP contribution in [0.4, 0.5) is 8.78 Å². The van der Waals surface area contributed by atoms with Gasteiger partial charge in [-0.25, -0.2) is 8.78 Å². The maximum absolute atomic E-state index is 13.6. The molecule has 0 spiro atoms. The van der Waals surface area contributed by atoms with Crippen molar-refractivity contribution >= 4 is 18.3 Å². The number of halogens is 3. The zero-order chi connectivity index (χ0) is 16.2. The molecule has 2 aromatic rings. The van der Waals surface area contributed by atoms with Gasteiger partial charge in [-0.2, -0.15) is 0 Å². The maximum atomic E-state index is 13.6. The highest BCUT2D eigenvalue weighted by Crippen LogP contribution is 2.22. The van der Waals surface area contributed by atoms with Crippen LogP contribution in [0.15, 0.2) is 42.5 Å². The first-order chi connectivity index (χ1) is 11.1. The normalized spacial score (nSPS) is 16.0. The number of benzene rings is 2. The Morgan fingerprint density at radius 2 is 1.83 bits per heavy atom. The lowest BCUT2D eigenvalue weighted by atomic mass is 9.94. The SMILES string of the molecule is Cl.O=C(Cc1c(F)cccc1F)NCC1NCCc2ccccc21. The van der Waals surface area contributed by atoms with Gasteiger partial charge in [-0.15, -0.1) is 12.4 Å². The molecule has 24 heavy (non-hydrogen) atoms. The van der Waals surface area contributed by atoms with E-state index < -0.39 is 11.6 Å². The van der Waals surface area contributed by atoms with E-state index in [0.29, 0.717) is 6.54 Å². The molecule has 6 heteroatoms. The van der Waals surface area contributed by atoms with E-state index in [1.807, 2.05) is 18.2 Å². The predicted octanol–water partition coefficient (Wildman–Crippen LogP) is 2.93. The smallest absolute Gasteiger partial charge is 0.224 e. The van der Waals surface area contributed by atoms with E-state index in [1.165, 1.54) is 11.6 Å². The molecule has 2 N–H and O–H groups in total. The Bertz CT molecular complexity index is 704. The number of carbonyl (C=O) groups is 1. The number of amides is 1. The van der Waals surface area contributed by atoms with E-state index in [2.05, 4.69) is 16.7 Å². The lowest BCUT2D eigenvalue weighted by molar-refractivity contribution is -0.120. The number of hydrogen-bond acceptors (Lipinski definition) is 2. The molecule has 128 valence electrons. The van der Waals surface area contributed by atoms with Crippen LogP contribution in [0.1, 0.15) is 22.7 Å².